The lowest BCUT2D eigenvalue weighted by Gasteiger charge is -2.50. The first-order valence-electron chi connectivity index (χ1n) is 8.06. The lowest BCUT2D eigenvalue weighted by Crippen LogP contribution is -2.63. The summed E-state index contributed by atoms with van der Waals surface area (Å²) in [6, 6.07) is 6.27. The van der Waals surface area contributed by atoms with Crippen LogP contribution in [0, 0.1) is 62.1 Å². The number of ether oxygens (including phenoxy) is 2. The minimum absolute atomic E-state index is 0.0614. The molecule has 4 unspecified atom stereocenters. The van der Waals surface area contributed by atoms with Crippen molar-refractivity contribution in [3.05, 3.63) is 0 Å². The fraction of sp³-hybridized carbons (Fsp3) is 0.765. The quantitative estimate of drug-likeness (QED) is 0.856. The Balaban J connectivity index is 2.80. The fourth-order valence-electron chi connectivity index (χ4n) is 4.42. The van der Waals surface area contributed by atoms with Crippen LogP contribution in [0.5, 0.6) is 0 Å². The Kier molecular flexibility index (Phi) is 4.14. The Morgan fingerprint density at radius 3 is 2.09 bits per heavy atom. The van der Waals surface area contributed by atoms with E-state index < -0.39 is 28.6 Å². The second-order valence-electron chi connectivity index (χ2n) is 6.47. The summed E-state index contributed by atoms with van der Waals surface area (Å²) >= 11 is 0. The van der Waals surface area contributed by atoms with Crippen LogP contribution in [-0.4, -0.2) is 17.8 Å². The minimum Gasteiger partial charge on any atom is -0.448 e. The monoisotopic (exact) mass is 314 g/mol. The lowest BCUT2D eigenvalue weighted by atomic mass is 9.52. The standard InChI is InChI=1S/C17H22N4O2/c1-5-11(6-2)13-16(8-18,9-19)17(10-20)12(7-3)15(4,22-13)23-14(17)21/h11-13,21H,5-7H2,1-4H3. The second kappa shape index (κ2) is 5.52. The summed E-state index contributed by atoms with van der Waals surface area (Å²) in [4.78, 5) is 0. The molecule has 2 aliphatic rings. The molecule has 0 amide bonds. The van der Waals surface area contributed by atoms with Gasteiger partial charge in [-0.05, 0) is 12.3 Å². The predicted molar refractivity (Wildman–Crippen MR) is 81.6 cm³/mol. The van der Waals surface area contributed by atoms with Crippen LogP contribution in [0.25, 0.3) is 0 Å². The third-order valence-electron chi connectivity index (χ3n) is 5.64. The molecule has 122 valence electrons. The van der Waals surface area contributed by atoms with E-state index in [0.29, 0.717) is 19.3 Å². The van der Waals surface area contributed by atoms with Gasteiger partial charge in [0.2, 0.25) is 11.7 Å². The summed E-state index contributed by atoms with van der Waals surface area (Å²) in [7, 11) is 0. The first-order valence-corrected chi connectivity index (χ1v) is 8.06. The van der Waals surface area contributed by atoms with E-state index in [1.54, 1.807) is 6.92 Å². The highest BCUT2D eigenvalue weighted by Crippen LogP contribution is 2.64. The average molecular weight is 314 g/mol. The van der Waals surface area contributed by atoms with Crippen molar-refractivity contribution in [1.29, 1.82) is 21.2 Å². The van der Waals surface area contributed by atoms with Gasteiger partial charge in [-0.3, -0.25) is 5.41 Å². The number of rotatable bonds is 4. The van der Waals surface area contributed by atoms with Crippen molar-refractivity contribution in [3.8, 4) is 18.2 Å². The summed E-state index contributed by atoms with van der Waals surface area (Å²) in [5.41, 5.74) is -3.34. The molecule has 2 bridgehead atoms. The Labute approximate surface area is 137 Å². The largest absolute Gasteiger partial charge is 0.448 e. The summed E-state index contributed by atoms with van der Waals surface area (Å²) < 4.78 is 11.8. The molecular formula is C17H22N4O2. The zero-order chi connectivity index (χ0) is 17.5. The highest BCUT2D eigenvalue weighted by molar-refractivity contribution is 5.89. The van der Waals surface area contributed by atoms with Crippen molar-refractivity contribution in [2.75, 3.05) is 0 Å². The Bertz CT molecular complexity index is 622. The number of hydrogen-bond donors (Lipinski definition) is 1. The van der Waals surface area contributed by atoms with E-state index >= 15 is 0 Å². The van der Waals surface area contributed by atoms with Gasteiger partial charge < -0.3 is 9.47 Å². The van der Waals surface area contributed by atoms with E-state index in [1.165, 1.54) is 0 Å². The first kappa shape index (κ1) is 17.3. The van der Waals surface area contributed by atoms with E-state index in [-0.39, 0.29) is 11.8 Å². The maximum Gasteiger partial charge on any atom is 0.214 e. The molecule has 4 atom stereocenters. The van der Waals surface area contributed by atoms with Crippen LogP contribution in [-0.2, 0) is 9.47 Å². The van der Waals surface area contributed by atoms with Crippen LogP contribution in [0.15, 0.2) is 0 Å². The topological polar surface area (TPSA) is 114 Å². The van der Waals surface area contributed by atoms with Crippen LogP contribution in [0.1, 0.15) is 47.0 Å². The van der Waals surface area contributed by atoms with Gasteiger partial charge in [0.1, 0.15) is 0 Å². The van der Waals surface area contributed by atoms with E-state index in [9.17, 15) is 15.8 Å². The van der Waals surface area contributed by atoms with Gasteiger partial charge in [0.25, 0.3) is 0 Å². The van der Waals surface area contributed by atoms with E-state index in [2.05, 4.69) is 18.2 Å². The van der Waals surface area contributed by atoms with Gasteiger partial charge in [0.15, 0.2) is 10.8 Å². The van der Waals surface area contributed by atoms with Gasteiger partial charge in [-0.25, -0.2) is 0 Å². The maximum absolute atomic E-state index is 9.97. The number of nitriles is 3. The molecule has 23 heavy (non-hydrogen) atoms. The summed E-state index contributed by atoms with van der Waals surface area (Å²) in [6.07, 6.45) is 1.15. The molecule has 0 aromatic rings. The van der Waals surface area contributed by atoms with Crippen molar-refractivity contribution < 1.29 is 9.47 Å². The normalized spacial score (nSPS) is 37.6. The predicted octanol–water partition coefficient (Wildman–Crippen LogP) is 3.11. The molecule has 6 nitrogen and oxygen atoms in total. The molecule has 0 aromatic heterocycles. The van der Waals surface area contributed by atoms with Crippen molar-refractivity contribution in [2.24, 2.45) is 22.7 Å². The molecule has 0 aliphatic carbocycles. The smallest absolute Gasteiger partial charge is 0.214 e. The highest BCUT2D eigenvalue weighted by atomic mass is 16.7. The lowest BCUT2D eigenvalue weighted by molar-refractivity contribution is -0.281. The summed E-state index contributed by atoms with van der Waals surface area (Å²) in [6.45, 7) is 7.51. The molecule has 1 N–H and O–H groups in total. The number of fused-ring (bicyclic) bond motifs is 2. The third kappa shape index (κ3) is 1.78. The van der Waals surface area contributed by atoms with Crippen molar-refractivity contribution in [1.82, 2.24) is 0 Å². The van der Waals surface area contributed by atoms with Crippen LogP contribution >= 0.6 is 0 Å². The van der Waals surface area contributed by atoms with Crippen molar-refractivity contribution >= 4 is 5.90 Å². The van der Waals surface area contributed by atoms with Gasteiger partial charge in [-0.15, -0.1) is 0 Å². The molecule has 2 heterocycles. The van der Waals surface area contributed by atoms with Crippen molar-refractivity contribution in [3.63, 3.8) is 0 Å². The van der Waals surface area contributed by atoms with Crippen LogP contribution in [0.3, 0.4) is 0 Å². The first-order chi connectivity index (χ1) is 10.9. The SMILES string of the molecule is CCC(CC)C1OC2(C)OC(=N)C(C#N)(C2CC)C1(C#N)C#N. The molecule has 0 aromatic carbocycles. The zero-order valence-electron chi connectivity index (χ0n) is 14.0. The number of nitrogens with zero attached hydrogens (tertiary/aromatic N) is 3. The van der Waals surface area contributed by atoms with Gasteiger partial charge in [-0.2, -0.15) is 15.8 Å². The summed E-state index contributed by atoms with van der Waals surface area (Å²) in [5, 5.41) is 38.1. The molecule has 2 aliphatic heterocycles. The van der Waals surface area contributed by atoms with Crippen LogP contribution in [0.4, 0.5) is 0 Å². The van der Waals surface area contributed by atoms with E-state index in [0.717, 1.165) is 0 Å². The third-order valence-corrected chi connectivity index (χ3v) is 5.64. The summed E-state index contributed by atoms with van der Waals surface area (Å²) in [5.74, 6) is -2.05. The van der Waals surface area contributed by atoms with E-state index in [1.807, 2.05) is 20.8 Å². The molecule has 2 fully saturated rings. The molecule has 2 rings (SSSR count). The Morgan fingerprint density at radius 2 is 1.70 bits per heavy atom. The van der Waals surface area contributed by atoms with Gasteiger partial charge in [0.05, 0.1) is 30.2 Å². The highest BCUT2D eigenvalue weighted by Gasteiger charge is 2.79. The van der Waals surface area contributed by atoms with Crippen molar-refractivity contribution in [2.45, 2.75) is 58.8 Å². The Hall–Kier alpha value is -2.10. The molecule has 2 saturated heterocycles. The second-order valence-corrected chi connectivity index (χ2v) is 6.47. The number of hydrogen-bond acceptors (Lipinski definition) is 6. The maximum atomic E-state index is 9.97. The van der Waals surface area contributed by atoms with Gasteiger partial charge >= 0.3 is 0 Å². The molecule has 0 radical (unpaired) electrons. The molecular weight excluding hydrogens is 292 g/mol. The average Bonchev–Trinajstić information content (AvgIpc) is 2.72. The molecule has 0 saturated carbocycles. The zero-order valence-corrected chi connectivity index (χ0v) is 14.0. The number of nitrogens with one attached hydrogen (secondary N) is 1. The molecule has 6 heteroatoms. The fourth-order valence-corrected chi connectivity index (χ4v) is 4.42. The van der Waals surface area contributed by atoms with E-state index in [4.69, 9.17) is 14.9 Å². The van der Waals surface area contributed by atoms with Crippen LogP contribution in [0.2, 0.25) is 0 Å². The Morgan fingerprint density at radius 1 is 1.13 bits per heavy atom. The minimum atomic E-state index is -1.74. The van der Waals surface area contributed by atoms with Crippen LogP contribution < -0.4 is 0 Å². The molecule has 0 spiro atoms. The van der Waals surface area contributed by atoms with Gasteiger partial charge in [-0.1, -0.05) is 33.6 Å². The van der Waals surface area contributed by atoms with Gasteiger partial charge in [0, 0.05) is 6.92 Å².